The van der Waals surface area contributed by atoms with Crippen LogP contribution in [0.1, 0.15) is 0 Å². The van der Waals surface area contributed by atoms with Gasteiger partial charge in [-0.05, 0) is 35.0 Å². The molecule has 0 spiro atoms. The summed E-state index contributed by atoms with van der Waals surface area (Å²) in [5.41, 5.74) is 4.81. The number of fused-ring (bicyclic) bond motifs is 4. The molecule has 0 saturated carbocycles. The molecule has 4 aromatic carbocycles. The van der Waals surface area contributed by atoms with Gasteiger partial charge in [0.05, 0.1) is 22.2 Å². The first kappa shape index (κ1) is 14.4. The summed E-state index contributed by atoms with van der Waals surface area (Å²) < 4.78 is 1.95. The molecule has 4 heteroatoms. The van der Waals surface area contributed by atoms with Crippen LogP contribution in [0.4, 0.5) is 0 Å². The second kappa shape index (κ2) is 5.35. The molecule has 0 fully saturated rings. The van der Waals surface area contributed by atoms with E-state index in [0.29, 0.717) is 0 Å². The van der Waals surface area contributed by atoms with Gasteiger partial charge in [0.25, 0.3) is 0 Å². The predicted octanol–water partition coefficient (Wildman–Crippen LogP) is 5.28. The molecule has 0 aliphatic carbocycles. The van der Waals surface area contributed by atoms with Crippen molar-refractivity contribution in [3.05, 3.63) is 84.9 Å². The Morgan fingerprint density at radius 3 is 1.89 bits per heavy atom. The van der Waals surface area contributed by atoms with Gasteiger partial charge in [0.2, 0.25) is 0 Å². The Morgan fingerprint density at radius 2 is 1.19 bits per heavy atom. The highest BCUT2D eigenvalue weighted by Crippen LogP contribution is 2.31. The van der Waals surface area contributed by atoms with Gasteiger partial charge in [0, 0.05) is 10.8 Å². The lowest BCUT2D eigenvalue weighted by Gasteiger charge is -2.11. The largest absolute Gasteiger partial charge is 0.248 e. The third-order valence-electron chi connectivity index (χ3n) is 5.08. The Hall–Kier alpha value is -3.79. The van der Waals surface area contributed by atoms with Crippen LogP contribution in [0.25, 0.3) is 49.3 Å². The van der Waals surface area contributed by atoms with Crippen LogP contribution in [-0.2, 0) is 0 Å². The average Bonchev–Trinajstić information content (AvgIpc) is 3.12. The molecule has 126 valence electrons. The summed E-state index contributed by atoms with van der Waals surface area (Å²) in [5.74, 6) is 0. The molecule has 0 amide bonds. The summed E-state index contributed by atoms with van der Waals surface area (Å²) in [6, 6.07) is 29.0. The fourth-order valence-electron chi connectivity index (χ4n) is 3.82. The molecule has 6 rings (SSSR count). The number of benzene rings is 4. The first-order valence-corrected chi connectivity index (χ1v) is 8.90. The average molecular weight is 346 g/mol. The van der Waals surface area contributed by atoms with E-state index in [1.54, 1.807) is 0 Å². The molecule has 27 heavy (non-hydrogen) atoms. The van der Waals surface area contributed by atoms with Crippen molar-refractivity contribution in [2.45, 2.75) is 0 Å². The SMILES string of the molecule is c1ccc2cc3c(cc2c1)nnn3-c1c2ccccc2nc2ccccc12. The predicted molar refractivity (Wildman–Crippen MR) is 109 cm³/mol. The van der Waals surface area contributed by atoms with Crippen molar-refractivity contribution in [1.82, 2.24) is 20.0 Å². The van der Waals surface area contributed by atoms with Crippen LogP contribution in [0.5, 0.6) is 0 Å². The van der Waals surface area contributed by atoms with Gasteiger partial charge in [-0.3, -0.25) is 0 Å². The summed E-state index contributed by atoms with van der Waals surface area (Å²) in [7, 11) is 0. The topological polar surface area (TPSA) is 43.6 Å². The van der Waals surface area contributed by atoms with Gasteiger partial charge in [-0.25, -0.2) is 9.67 Å². The number of pyridine rings is 1. The maximum absolute atomic E-state index is 4.82. The van der Waals surface area contributed by atoms with E-state index in [9.17, 15) is 0 Å². The lowest BCUT2D eigenvalue weighted by Crippen LogP contribution is -2.00. The maximum Gasteiger partial charge on any atom is 0.114 e. The lowest BCUT2D eigenvalue weighted by molar-refractivity contribution is 0.833. The Balaban J connectivity index is 1.80. The van der Waals surface area contributed by atoms with Gasteiger partial charge < -0.3 is 0 Å². The molecule has 6 aromatic rings. The Kier molecular flexibility index (Phi) is 2.85. The van der Waals surface area contributed by atoms with Crippen LogP contribution in [0.15, 0.2) is 84.9 Å². The fraction of sp³-hybridized carbons (Fsp3) is 0. The van der Waals surface area contributed by atoms with Gasteiger partial charge in [-0.1, -0.05) is 65.9 Å². The molecule has 0 N–H and O–H groups in total. The number of hydrogen-bond acceptors (Lipinski definition) is 3. The van der Waals surface area contributed by atoms with Crippen molar-refractivity contribution in [2.24, 2.45) is 0 Å². The summed E-state index contributed by atoms with van der Waals surface area (Å²) in [5, 5.41) is 13.5. The van der Waals surface area contributed by atoms with E-state index in [4.69, 9.17) is 4.98 Å². The standard InChI is InChI=1S/C23H14N4/c1-2-8-16-14-22-21(13-15(16)7-1)25-26-27(22)23-17-9-3-5-11-19(17)24-20-12-6-4-10-18(20)23/h1-14H. The van der Waals surface area contributed by atoms with E-state index >= 15 is 0 Å². The molecule has 4 nitrogen and oxygen atoms in total. The van der Waals surface area contributed by atoms with E-state index in [1.165, 1.54) is 10.8 Å². The normalized spacial score (nSPS) is 11.7. The number of aromatic nitrogens is 4. The Labute approximate surface area is 154 Å². The molecule has 0 atom stereocenters. The van der Waals surface area contributed by atoms with Crippen molar-refractivity contribution >= 4 is 43.6 Å². The van der Waals surface area contributed by atoms with Crippen LogP contribution in [-0.4, -0.2) is 20.0 Å². The van der Waals surface area contributed by atoms with Crippen LogP contribution in [0.3, 0.4) is 0 Å². The van der Waals surface area contributed by atoms with Gasteiger partial charge >= 0.3 is 0 Å². The van der Waals surface area contributed by atoms with Gasteiger partial charge in [0.1, 0.15) is 5.52 Å². The highest BCUT2D eigenvalue weighted by molar-refractivity contribution is 6.05. The third kappa shape index (κ3) is 2.07. The van der Waals surface area contributed by atoms with Crippen molar-refractivity contribution in [2.75, 3.05) is 0 Å². The first-order chi connectivity index (χ1) is 13.4. The molecule has 0 unspecified atom stereocenters. The van der Waals surface area contributed by atoms with Crippen molar-refractivity contribution < 1.29 is 0 Å². The highest BCUT2D eigenvalue weighted by atomic mass is 15.4. The molecule has 0 bridgehead atoms. The van der Waals surface area contributed by atoms with Crippen LogP contribution in [0, 0.1) is 0 Å². The van der Waals surface area contributed by atoms with E-state index in [0.717, 1.165) is 38.5 Å². The molecule has 0 radical (unpaired) electrons. The molecule has 0 saturated heterocycles. The number of para-hydroxylation sites is 2. The number of hydrogen-bond donors (Lipinski definition) is 0. The maximum atomic E-state index is 4.82. The van der Waals surface area contributed by atoms with Crippen LogP contribution < -0.4 is 0 Å². The number of nitrogens with zero attached hydrogens (tertiary/aromatic N) is 4. The molecule has 2 heterocycles. The molecule has 0 aliphatic rings. The van der Waals surface area contributed by atoms with E-state index in [2.05, 4.69) is 52.8 Å². The summed E-state index contributed by atoms with van der Waals surface area (Å²) in [6.07, 6.45) is 0. The molecular weight excluding hydrogens is 332 g/mol. The van der Waals surface area contributed by atoms with Crippen LogP contribution >= 0.6 is 0 Å². The highest BCUT2D eigenvalue weighted by Gasteiger charge is 2.15. The Bertz CT molecular complexity index is 1430. The summed E-state index contributed by atoms with van der Waals surface area (Å²) >= 11 is 0. The van der Waals surface area contributed by atoms with Crippen molar-refractivity contribution in [3.63, 3.8) is 0 Å². The number of rotatable bonds is 1. The molecular formula is C23H14N4. The second-order valence-corrected chi connectivity index (χ2v) is 6.68. The van der Waals surface area contributed by atoms with Crippen molar-refractivity contribution in [3.8, 4) is 5.69 Å². The van der Waals surface area contributed by atoms with Gasteiger partial charge in [-0.2, -0.15) is 0 Å². The minimum atomic E-state index is 0.888. The second-order valence-electron chi connectivity index (χ2n) is 6.68. The fourth-order valence-corrected chi connectivity index (χ4v) is 3.82. The van der Waals surface area contributed by atoms with E-state index in [1.807, 2.05) is 47.1 Å². The lowest BCUT2D eigenvalue weighted by atomic mass is 10.1. The minimum Gasteiger partial charge on any atom is -0.248 e. The Morgan fingerprint density at radius 1 is 0.593 bits per heavy atom. The zero-order valence-corrected chi connectivity index (χ0v) is 14.4. The van der Waals surface area contributed by atoms with E-state index in [-0.39, 0.29) is 0 Å². The molecule has 2 aromatic heterocycles. The monoisotopic (exact) mass is 346 g/mol. The minimum absolute atomic E-state index is 0.888. The van der Waals surface area contributed by atoms with Gasteiger partial charge in [-0.15, -0.1) is 5.10 Å². The van der Waals surface area contributed by atoms with Gasteiger partial charge in [0.15, 0.2) is 0 Å². The van der Waals surface area contributed by atoms with E-state index < -0.39 is 0 Å². The zero-order valence-electron chi connectivity index (χ0n) is 14.4. The zero-order chi connectivity index (χ0) is 17.8. The third-order valence-corrected chi connectivity index (χ3v) is 5.08. The van der Waals surface area contributed by atoms with Crippen LogP contribution in [0.2, 0.25) is 0 Å². The summed E-state index contributed by atoms with van der Waals surface area (Å²) in [4.78, 5) is 4.82. The first-order valence-electron chi connectivity index (χ1n) is 8.90. The molecule has 0 aliphatic heterocycles. The smallest absolute Gasteiger partial charge is 0.114 e. The van der Waals surface area contributed by atoms with Crippen molar-refractivity contribution in [1.29, 1.82) is 0 Å². The quantitative estimate of drug-likeness (QED) is 0.381. The summed E-state index contributed by atoms with van der Waals surface area (Å²) in [6.45, 7) is 0.